The summed E-state index contributed by atoms with van der Waals surface area (Å²) in [6.07, 6.45) is 0.230. The molecule has 0 bridgehead atoms. The maximum Gasteiger partial charge on any atom is 0.209 e. The van der Waals surface area contributed by atoms with Crippen molar-refractivity contribution in [3.8, 4) is 0 Å². The van der Waals surface area contributed by atoms with Crippen LogP contribution in [0.1, 0.15) is 12.0 Å². The minimum absolute atomic E-state index is 0.143. The van der Waals surface area contributed by atoms with Gasteiger partial charge < -0.3 is 10.2 Å². The molecule has 0 spiro atoms. The summed E-state index contributed by atoms with van der Waals surface area (Å²) in [6, 6.07) is 5.88. The Bertz CT molecular complexity index is 396. The number of carbonyl (C=O) groups excluding carboxylic acids is 1. The third kappa shape index (κ3) is 3.26. The SMILES string of the molecule is O=CN1CC[C@H](NCc2ccc(F)cc2)[C@H](F)C1. The molecule has 1 aliphatic heterocycles. The fraction of sp³-hybridized carbons (Fsp3) is 0.462. The van der Waals surface area contributed by atoms with Gasteiger partial charge in [0.1, 0.15) is 12.0 Å². The molecule has 1 fully saturated rings. The van der Waals surface area contributed by atoms with Gasteiger partial charge in [0.05, 0.1) is 6.54 Å². The Kier molecular flexibility index (Phi) is 4.25. The minimum atomic E-state index is -1.05. The van der Waals surface area contributed by atoms with Crippen molar-refractivity contribution >= 4 is 6.41 Å². The van der Waals surface area contributed by atoms with Crippen molar-refractivity contribution in [3.05, 3.63) is 35.6 Å². The van der Waals surface area contributed by atoms with Crippen LogP contribution in [0.2, 0.25) is 0 Å². The first-order valence-electron chi connectivity index (χ1n) is 6.00. The molecular weight excluding hydrogens is 238 g/mol. The molecule has 0 aromatic heterocycles. The van der Waals surface area contributed by atoms with Crippen molar-refractivity contribution in [1.82, 2.24) is 10.2 Å². The standard InChI is InChI=1S/C13H16F2N2O/c14-11-3-1-10(2-4-11)7-16-13-5-6-17(9-18)8-12(13)15/h1-4,9,12-13,16H,5-8H2/t12-,13+/m1/s1. The predicted octanol–water partition coefficient (Wildman–Crippen LogP) is 1.48. The number of amides is 1. The van der Waals surface area contributed by atoms with E-state index >= 15 is 0 Å². The van der Waals surface area contributed by atoms with Crippen LogP contribution in [-0.4, -0.2) is 36.6 Å². The number of halogens is 2. The number of nitrogens with zero attached hydrogens (tertiary/aromatic N) is 1. The first kappa shape index (κ1) is 13.0. The van der Waals surface area contributed by atoms with E-state index < -0.39 is 6.17 Å². The van der Waals surface area contributed by atoms with Crippen molar-refractivity contribution in [3.63, 3.8) is 0 Å². The van der Waals surface area contributed by atoms with Gasteiger partial charge in [-0.1, -0.05) is 12.1 Å². The number of alkyl halides is 1. The Labute approximate surface area is 105 Å². The van der Waals surface area contributed by atoms with E-state index in [2.05, 4.69) is 5.32 Å². The number of carbonyl (C=O) groups is 1. The van der Waals surface area contributed by atoms with E-state index in [0.717, 1.165) is 5.56 Å². The van der Waals surface area contributed by atoms with Gasteiger partial charge in [-0.2, -0.15) is 0 Å². The van der Waals surface area contributed by atoms with Crippen LogP contribution in [0.25, 0.3) is 0 Å². The van der Waals surface area contributed by atoms with E-state index in [1.165, 1.54) is 17.0 Å². The lowest BCUT2D eigenvalue weighted by Gasteiger charge is -2.33. The molecule has 98 valence electrons. The average Bonchev–Trinajstić information content (AvgIpc) is 2.39. The summed E-state index contributed by atoms with van der Waals surface area (Å²) in [5.41, 5.74) is 0.918. The van der Waals surface area contributed by atoms with Gasteiger partial charge in [0.2, 0.25) is 6.41 Å². The lowest BCUT2D eigenvalue weighted by molar-refractivity contribution is -0.120. The number of benzene rings is 1. The molecule has 3 nitrogen and oxygen atoms in total. The first-order chi connectivity index (χ1) is 8.69. The zero-order valence-corrected chi connectivity index (χ0v) is 9.98. The minimum Gasteiger partial charge on any atom is -0.342 e. The van der Waals surface area contributed by atoms with Gasteiger partial charge in [-0.05, 0) is 24.1 Å². The maximum atomic E-state index is 13.7. The molecule has 1 aliphatic rings. The summed E-state index contributed by atoms with van der Waals surface area (Å²) in [6.45, 7) is 1.22. The third-order valence-electron chi connectivity index (χ3n) is 3.20. The van der Waals surface area contributed by atoms with Crippen molar-refractivity contribution in [2.45, 2.75) is 25.2 Å². The van der Waals surface area contributed by atoms with Crippen LogP contribution in [0.5, 0.6) is 0 Å². The fourth-order valence-electron chi connectivity index (χ4n) is 2.11. The molecule has 0 unspecified atom stereocenters. The van der Waals surface area contributed by atoms with Gasteiger partial charge in [-0.3, -0.25) is 4.79 Å². The first-order valence-corrected chi connectivity index (χ1v) is 6.00. The second-order valence-corrected chi connectivity index (χ2v) is 4.52. The normalized spacial score (nSPS) is 24.0. The van der Waals surface area contributed by atoms with Gasteiger partial charge in [0.25, 0.3) is 0 Å². The fourth-order valence-corrected chi connectivity index (χ4v) is 2.11. The molecule has 0 radical (unpaired) electrons. The van der Waals surface area contributed by atoms with E-state index in [1.54, 1.807) is 12.1 Å². The van der Waals surface area contributed by atoms with Crippen molar-refractivity contribution in [2.75, 3.05) is 13.1 Å². The Morgan fingerprint density at radius 2 is 2.11 bits per heavy atom. The van der Waals surface area contributed by atoms with Gasteiger partial charge in [0.15, 0.2) is 0 Å². The number of rotatable bonds is 4. The lowest BCUT2D eigenvalue weighted by atomic mass is 10.0. The summed E-state index contributed by atoms with van der Waals surface area (Å²) in [4.78, 5) is 12.0. The van der Waals surface area contributed by atoms with E-state index in [4.69, 9.17) is 0 Å². The Morgan fingerprint density at radius 1 is 1.39 bits per heavy atom. The van der Waals surface area contributed by atoms with Gasteiger partial charge >= 0.3 is 0 Å². The smallest absolute Gasteiger partial charge is 0.209 e. The molecule has 1 amide bonds. The van der Waals surface area contributed by atoms with Gasteiger partial charge in [-0.25, -0.2) is 8.78 Å². The molecule has 1 N–H and O–H groups in total. The largest absolute Gasteiger partial charge is 0.342 e. The number of piperidine rings is 1. The van der Waals surface area contributed by atoms with Crippen LogP contribution in [0.15, 0.2) is 24.3 Å². The van der Waals surface area contributed by atoms with Crippen LogP contribution in [0.3, 0.4) is 0 Å². The summed E-state index contributed by atoms with van der Waals surface area (Å²) in [5, 5.41) is 3.11. The zero-order valence-electron chi connectivity index (χ0n) is 9.98. The summed E-state index contributed by atoms with van der Waals surface area (Å²) in [7, 11) is 0. The topological polar surface area (TPSA) is 32.3 Å². The average molecular weight is 254 g/mol. The molecule has 1 saturated heterocycles. The highest BCUT2D eigenvalue weighted by atomic mass is 19.1. The molecule has 1 aromatic carbocycles. The highest BCUT2D eigenvalue weighted by Crippen LogP contribution is 2.13. The molecule has 1 aromatic rings. The summed E-state index contributed by atoms with van der Waals surface area (Å²) in [5.74, 6) is -0.276. The predicted molar refractivity (Wildman–Crippen MR) is 64.2 cm³/mol. The highest BCUT2D eigenvalue weighted by Gasteiger charge is 2.27. The van der Waals surface area contributed by atoms with Crippen LogP contribution in [0, 0.1) is 5.82 Å². The van der Waals surface area contributed by atoms with Crippen LogP contribution in [0.4, 0.5) is 8.78 Å². The van der Waals surface area contributed by atoms with Crippen molar-refractivity contribution in [2.24, 2.45) is 0 Å². The quantitative estimate of drug-likeness (QED) is 0.826. The Hall–Kier alpha value is -1.49. The molecule has 0 saturated carbocycles. The van der Waals surface area contributed by atoms with Crippen molar-refractivity contribution < 1.29 is 13.6 Å². The highest BCUT2D eigenvalue weighted by molar-refractivity contribution is 5.47. The Morgan fingerprint density at radius 3 is 2.72 bits per heavy atom. The monoisotopic (exact) mass is 254 g/mol. The molecule has 1 heterocycles. The molecule has 2 atom stereocenters. The van der Waals surface area contributed by atoms with E-state index in [9.17, 15) is 13.6 Å². The van der Waals surface area contributed by atoms with Crippen LogP contribution >= 0.6 is 0 Å². The Balaban J connectivity index is 1.83. The number of hydrogen-bond acceptors (Lipinski definition) is 2. The summed E-state index contributed by atoms with van der Waals surface area (Å²) >= 11 is 0. The maximum absolute atomic E-state index is 13.7. The third-order valence-corrected chi connectivity index (χ3v) is 3.20. The van der Waals surface area contributed by atoms with Crippen LogP contribution in [-0.2, 0) is 11.3 Å². The van der Waals surface area contributed by atoms with Gasteiger partial charge in [-0.15, -0.1) is 0 Å². The van der Waals surface area contributed by atoms with E-state index in [1.807, 2.05) is 0 Å². The van der Waals surface area contributed by atoms with Crippen LogP contribution < -0.4 is 5.32 Å². The lowest BCUT2D eigenvalue weighted by Crippen LogP contribution is -2.50. The number of likely N-dealkylation sites (tertiary alicyclic amines) is 1. The molecule has 18 heavy (non-hydrogen) atoms. The second kappa shape index (κ2) is 5.91. The molecule has 2 rings (SSSR count). The van der Waals surface area contributed by atoms with E-state index in [-0.39, 0.29) is 18.4 Å². The van der Waals surface area contributed by atoms with Gasteiger partial charge in [0, 0.05) is 19.1 Å². The molecule has 0 aliphatic carbocycles. The number of nitrogens with one attached hydrogen (secondary N) is 1. The number of hydrogen-bond donors (Lipinski definition) is 1. The zero-order chi connectivity index (χ0) is 13.0. The molecular formula is C13H16F2N2O. The summed E-state index contributed by atoms with van der Waals surface area (Å²) < 4.78 is 26.4. The van der Waals surface area contributed by atoms with Crippen molar-refractivity contribution in [1.29, 1.82) is 0 Å². The van der Waals surface area contributed by atoms with E-state index in [0.29, 0.717) is 25.9 Å². The second-order valence-electron chi connectivity index (χ2n) is 4.52. The molecule has 5 heteroatoms.